The lowest BCUT2D eigenvalue weighted by molar-refractivity contribution is -0.441. The smallest absolute Gasteiger partial charge is 0.264 e. The average molecular weight is 576 g/mol. The van der Waals surface area contributed by atoms with E-state index in [1.54, 1.807) is 6.92 Å². The molecule has 0 aliphatic heterocycles. The topological polar surface area (TPSA) is 63.6 Å². The molecule has 0 heterocycles. The molecule has 1 unspecified atom stereocenters. The number of benzene rings is 1. The van der Waals surface area contributed by atoms with Gasteiger partial charge >= 0.3 is 46.2 Å². The van der Waals surface area contributed by atoms with Crippen LogP contribution in [0.4, 0.5) is 57.1 Å². The zero-order valence-corrected chi connectivity index (χ0v) is 18.5. The highest BCUT2D eigenvalue weighted by molar-refractivity contribution is 7.80. The highest BCUT2D eigenvalue weighted by Crippen LogP contribution is 2.62. The van der Waals surface area contributed by atoms with Crippen molar-refractivity contribution in [2.24, 2.45) is 0 Å². The largest absolute Gasteiger partial charge is 0.460 e. The first kappa shape index (κ1) is 32.2. The first-order chi connectivity index (χ1) is 15.9. The van der Waals surface area contributed by atoms with Crippen molar-refractivity contribution in [1.82, 2.24) is 0 Å². The fraction of sp³-hybridized carbons (Fsp3) is 0.667. The van der Waals surface area contributed by atoms with Gasteiger partial charge in [0.1, 0.15) is 6.10 Å². The minimum absolute atomic E-state index is 0.112. The van der Waals surface area contributed by atoms with Crippen molar-refractivity contribution >= 4 is 10.4 Å². The normalized spacial score (nSPS) is 15.8. The Kier molecular flexibility index (Phi) is 9.08. The minimum Gasteiger partial charge on any atom is -0.264 e. The second kappa shape index (κ2) is 10.2. The van der Waals surface area contributed by atoms with Crippen molar-refractivity contribution in [3.05, 3.63) is 35.4 Å². The van der Waals surface area contributed by atoms with Crippen LogP contribution < -0.4 is 0 Å². The molecule has 1 atom stereocenters. The van der Waals surface area contributed by atoms with E-state index in [9.17, 15) is 65.5 Å². The summed E-state index contributed by atoms with van der Waals surface area (Å²) in [6.07, 6.45) is -8.03. The molecule has 0 saturated carbocycles. The van der Waals surface area contributed by atoms with E-state index in [1.165, 1.54) is 0 Å². The van der Waals surface area contributed by atoms with Crippen LogP contribution >= 0.6 is 0 Å². The van der Waals surface area contributed by atoms with E-state index < -0.39 is 63.4 Å². The SMILES string of the molecule is CCCCCC(OS(=O)(=O)O)c1ccc(C(F)(F)C(F)(F)C(F)(F)C(F)(F)C(F)(F)C(F)(F)F)cc1. The van der Waals surface area contributed by atoms with Crippen LogP contribution in [0.3, 0.4) is 0 Å². The van der Waals surface area contributed by atoms with Gasteiger partial charge in [-0.05, 0) is 12.0 Å². The molecule has 0 amide bonds. The van der Waals surface area contributed by atoms with E-state index in [-0.39, 0.29) is 25.0 Å². The molecule has 1 aromatic rings. The van der Waals surface area contributed by atoms with Crippen LogP contribution in [0.25, 0.3) is 0 Å². The first-order valence-corrected chi connectivity index (χ1v) is 11.0. The Morgan fingerprint density at radius 2 is 1.19 bits per heavy atom. The summed E-state index contributed by atoms with van der Waals surface area (Å²) in [5.41, 5.74) is -2.63. The summed E-state index contributed by atoms with van der Waals surface area (Å²) in [5, 5.41) is 0. The summed E-state index contributed by atoms with van der Waals surface area (Å²) in [6, 6.07) is 0.558. The van der Waals surface area contributed by atoms with Gasteiger partial charge in [-0.25, -0.2) is 4.18 Å². The Labute approximate surface area is 195 Å². The van der Waals surface area contributed by atoms with Gasteiger partial charge in [-0.15, -0.1) is 0 Å². The summed E-state index contributed by atoms with van der Waals surface area (Å²) >= 11 is 0. The molecule has 0 radical (unpaired) electrons. The predicted molar refractivity (Wildman–Crippen MR) is 95.7 cm³/mol. The Morgan fingerprint density at radius 3 is 1.58 bits per heavy atom. The van der Waals surface area contributed by atoms with Gasteiger partial charge in [-0.2, -0.15) is 65.5 Å². The van der Waals surface area contributed by atoms with Gasteiger partial charge in [0.25, 0.3) is 0 Å². The second-order valence-electron chi connectivity index (χ2n) is 7.50. The molecule has 1 N–H and O–H groups in total. The third-order valence-electron chi connectivity index (χ3n) is 4.89. The van der Waals surface area contributed by atoms with Gasteiger partial charge in [0.05, 0.1) is 0 Å². The zero-order valence-electron chi connectivity index (χ0n) is 17.7. The molecule has 0 fully saturated rings. The fourth-order valence-corrected chi connectivity index (χ4v) is 3.36. The van der Waals surface area contributed by atoms with Gasteiger partial charge in [0.15, 0.2) is 0 Å². The lowest BCUT2D eigenvalue weighted by Gasteiger charge is -2.39. The number of alkyl halides is 13. The maximum Gasteiger partial charge on any atom is 0.460 e. The van der Waals surface area contributed by atoms with Gasteiger partial charge < -0.3 is 0 Å². The summed E-state index contributed by atoms with van der Waals surface area (Å²) in [6.45, 7) is 1.72. The van der Waals surface area contributed by atoms with E-state index >= 15 is 0 Å². The zero-order chi connectivity index (χ0) is 28.6. The molecule has 0 aliphatic carbocycles. The quantitative estimate of drug-likeness (QED) is 0.161. The van der Waals surface area contributed by atoms with Crippen LogP contribution in [0.1, 0.15) is 49.8 Å². The summed E-state index contributed by atoms with van der Waals surface area (Å²) in [4.78, 5) is 0. The molecule has 1 aromatic carbocycles. The third kappa shape index (κ3) is 5.84. The van der Waals surface area contributed by atoms with Gasteiger partial charge in [0.2, 0.25) is 0 Å². The average Bonchev–Trinajstić information content (AvgIpc) is 2.71. The number of rotatable bonds is 12. The molecule has 0 aliphatic rings. The maximum absolute atomic E-state index is 14.2. The molecule has 0 bridgehead atoms. The minimum atomic E-state index is -8.02. The van der Waals surface area contributed by atoms with Crippen molar-refractivity contribution in [1.29, 1.82) is 0 Å². The predicted octanol–water partition coefficient (Wildman–Crippen LogP) is 7.32. The Morgan fingerprint density at radius 1 is 0.750 bits per heavy atom. The first-order valence-electron chi connectivity index (χ1n) is 9.60. The molecule has 210 valence electrons. The highest BCUT2D eigenvalue weighted by Gasteiger charge is 2.90. The Balaban J connectivity index is 3.46. The summed E-state index contributed by atoms with van der Waals surface area (Å²) in [7, 11) is -5.15. The van der Waals surface area contributed by atoms with E-state index in [4.69, 9.17) is 4.55 Å². The number of hydrogen-bond donors (Lipinski definition) is 1. The van der Waals surface area contributed by atoms with E-state index in [1.807, 2.05) is 0 Å². The molecule has 0 aromatic heterocycles. The molecule has 4 nitrogen and oxygen atoms in total. The Hall–Kier alpha value is -1.82. The molecular weight excluding hydrogens is 559 g/mol. The van der Waals surface area contributed by atoms with Crippen molar-refractivity contribution in [3.8, 4) is 0 Å². The lowest BCUT2D eigenvalue weighted by atomic mass is 9.90. The van der Waals surface area contributed by atoms with Gasteiger partial charge in [-0.1, -0.05) is 50.5 Å². The number of unbranched alkanes of at least 4 members (excludes halogenated alkanes) is 2. The van der Waals surface area contributed by atoms with E-state index in [0.717, 1.165) is 0 Å². The molecule has 1 rings (SSSR count). The number of hydrogen-bond acceptors (Lipinski definition) is 3. The van der Waals surface area contributed by atoms with E-state index in [0.29, 0.717) is 25.0 Å². The number of halogens is 13. The van der Waals surface area contributed by atoms with Crippen LogP contribution in [0, 0.1) is 0 Å². The molecule has 18 heteroatoms. The Bertz CT molecular complexity index is 989. The third-order valence-corrected chi connectivity index (χ3v) is 5.36. The van der Waals surface area contributed by atoms with Crippen LogP contribution in [-0.4, -0.2) is 42.8 Å². The standard InChI is InChI=1S/C18H17F13O4S/c1-2-3-4-5-12(35-36(32,33)34)10-6-8-11(9-7-10)13(19,20)14(21,22)15(23,24)16(25,26)17(27,28)18(29,30)31/h6-9,12H,2-5H2,1H3,(H,32,33,34). The maximum atomic E-state index is 14.2. The van der Waals surface area contributed by atoms with Crippen LogP contribution in [0.5, 0.6) is 0 Å². The summed E-state index contributed by atoms with van der Waals surface area (Å²) in [5.74, 6) is -37.7. The molecule has 0 spiro atoms. The van der Waals surface area contributed by atoms with Crippen LogP contribution in [-0.2, 0) is 20.5 Å². The van der Waals surface area contributed by atoms with Crippen LogP contribution in [0.15, 0.2) is 24.3 Å². The monoisotopic (exact) mass is 576 g/mol. The lowest BCUT2D eigenvalue weighted by Crippen LogP contribution is -2.69. The van der Waals surface area contributed by atoms with Crippen molar-refractivity contribution in [2.75, 3.05) is 0 Å². The molecule has 0 saturated heterocycles. The van der Waals surface area contributed by atoms with Crippen molar-refractivity contribution < 1.29 is 74.2 Å². The van der Waals surface area contributed by atoms with Gasteiger partial charge in [-0.3, -0.25) is 4.55 Å². The van der Waals surface area contributed by atoms with Crippen LogP contribution in [0.2, 0.25) is 0 Å². The summed E-state index contributed by atoms with van der Waals surface area (Å²) < 4.78 is 208. The highest BCUT2D eigenvalue weighted by atomic mass is 32.3. The fourth-order valence-electron chi connectivity index (χ4n) is 2.85. The van der Waals surface area contributed by atoms with Crippen molar-refractivity contribution in [2.45, 2.75) is 74.5 Å². The van der Waals surface area contributed by atoms with E-state index in [2.05, 4.69) is 4.18 Å². The van der Waals surface area contributed by atoms with Gasteiger partial charge in [0, 0.05) is 5.56 Å². The molecule has 36 heavy (non-hydrogen) atoms. The second-order valence-corrected chi connectivity index (χ2v) is 8.55. The van der Waals surface area contributed by atoms with Crippen molar-refractivity contribution in [3.63, 3.8) is 0 Å². The molecular formula is C18H17F13O4S.